The molecule has 0 aromatic heterocycles. The van der Waals surface area contributed by atoms with Crippen molar-refractivity contribution in [3.8, 4) is 0 Å². The Labute approximate surface area is 106 Å². The number of benzene rings is 1. The number of halogens is 1. The van der Waals surface area contributed by atoms with E-state index in [9.17, 15) is 8.42 Å². The lowest BCUT2D eigenvalue weighted by Crippen LogP contribution is -2.41. The van der Waals surface area contributed by atoms with Crippen LogP contribution < -0.4 is 4.72 Å². The monoisotopic (exact) mass is 275 g/mol. The normalized spacial score (nSPS) is 25.0. The van der Waals surface area contributed by atoms with Gasteiger partial charge in [0.2, 0.25) is 0 Å². The Morgan fingerprint density at radius 1 is 1.35 bits per heavy atom. The highest BCUT2D eigenvalue weighted by Crippen LogP contribution is 2.34. The summed E-state index contributed by atoms with van der Waals surface area (Å²) < 4.78 is 29.9. The molecule has 1 aromatic carbocycles. The van der Waals surface area contributed by atoms with Crippen molar-refractivity contribution in [3.05, 3.63) is 35.9 Å². The third kappa shape index (κ3) is 2.80. The van der Waals surface area contributed by atoms with Gasteiger partial charge in [-0.25, -0.2) is 13.1 Å². The van der Waals surface area contributed by atoms with Crippen LogP contribution >= 0.6 is 11.6 Å². The molecule has 6 heteroatoms. The third-order valence-electron chi connectivity index (χ3n) is 2.65. The molecule has 94 valence electrons. The van der Waals surface area contributed by atoms with E-state index in [-0.39, 0.29) is 6.54 Å². The summed E-state index contributed by atoms with van der Waals surface area (Å²) in [7, 11) is -3.66. The number of rotatable bonds is 4. The molecule has 0 spiro atoms. The Kier molecular flexibility index (Phi) is 3.73. The zero-order chi connectivity index (χ0) is 12.4. The molecule has 1 saturated heterocycles. The molecule has 1 aliphatic heterocycles. The molecule has 1 aliphatic rings. The second-order valence-electron chi connectivity index (χ2n) is 3.92. The van der Waals surface area contributed by atoms with Crippen LogP contribution in [0, 0.1) is 0 Å². The van der Waals surface area contributed by atoms with E-state index >= 15 is 0 Å². The second kappa shape index (κ2) is 4.94. The largest absolute Gasteiger partial charge is 0.346 e. The van der Waals surface area contributed by atoms with Crippen LogP contribution in [0.25, 0.3) is 0 Å². The lowest BCUT2D eigenvalue weighted by molar-refractivity contribution is 0.134. The van der Waals surface area contributed by atoms with Gasteiger partial charge in [-0.05, 0) is 12.0 Å². The van der Waals surface area contributed by atoms with E-state index in [1.807, 2.05) is 30.3 Å². The van der Waals surface area contributed by atoms with Gasteiger partial charge < -0.3 is 4.74 Å². The summed E-state index contributed by atoms with van der Waals surface area (Å²) in [6, 6.07) is 9.28. The van der Waals surface area contributed by atoms with E-state index in [0.29, 0.717) is 19.4 Å². The lowest BCUT2D eigenvalue weighted by Gasteiger charge is -2.20. The summed E-state index contributed by atoms with van der Waals surface area (Å²) in [5.41, 5.74) is 0.884. The van der Waals surface area contributed by atoms with Gasteiger partial charge in [0, 0.05) is 13.0 Å². The van der Waals surface area contributed by atoms with Crippen LogP contribution in [0.15, 0.2) is 30.3 Å². The first kappa shape index (κ1) is 12.8. The first-order valence-corrected chi connectivity index (χ1v) is 7.26. The molecule has 2 rings (SSSR count). The molecule has 0 bridgehead atoms. The molecular weight excluding hydrogens is 262 g/mol. The van der Waals surface area contributed by atoms with Crippen molar-refractivity contribution >= 4 is 21.6 Å². The fourth-order valence-corrected chi connectivity index (χ4v) is 3.27. The number of alkyl halides is 1. The van der Waals surface area contributed by atoms with Crippen molar-refractivity contribution < 1.29 is 13.2 Å². The predicted octanol–water partition coefficient (Wildman–Crippen LogP) is 1.81. The van der Waals surface area contributed by atoms with Crippen molar-refractivity contribution in [1.82, 2.24) is 4.72 Å². The zero-order valence-corrected chi connectivity index (χ0v) is 10.8. The van der Waals surface area contributed by atoms with Crippen LogP contribution in [0.5, 0.6) is 0 Å². The molecule has 1 atom stereocenters. The van der Waals surface area contributed by atoms with Crippen LogP contribution in [-0.2, 0) is 21.3 Å². The van der Waals surface area contributed by atoms with E-state index in [2.05, 4.69) is 4.72 Å². The highest BCUT2D eigenvalue weighted by Gasteiger charge is 2.45. The van der Waals surface area contributed by atoms with Crippen LogP contribution in [-0.4, -0.2) is 19.4 Å². The zero-order valence-electron chi connectivity index (χ0n) is 9.23. The number of hydrogen-bond donors (Lipinski definition) is 1. The summed E-state index contributed by atoms with van der Waals surface area (Å²) in [5.74, 6) is 0. The molecule has 1 heterocycles. The highest BCUT2D eigenvalue weighted by molar-refractivity contribution is 7.92. The van der Waals surface area contributed by atoms with Gasteiger partial charge in [-0.2, -0.15) is 0 Å². The number of nitrogens with one attached hydrogen (secondary N) is 1. The Balaban J connectivity index is 2.03. The first-order chi connectivity index (χ1) is 8.04. The quantitative estimate of drug-likeness (QED) is 0.853. The molecule has 17 heavy (non-hydrogen) atoms. The van der Waals surface area contributed by atoms with Crippen LogP contribution in [0.3, 0.4) is 0 Å². The highest BCUT2D eigenvalue weighted by atomic mass is 35.5. The van der Waals surface area contributed by atoms with Gasteiger partial charge in [0.1, 0.15) is 0 Å². The molecule has 1 N–H and O–H groups in total. The van der Waals surface area contributed by atoms with Crippen molar-refractivity contribution in [2.45, 2.75) is 23.8 Å². The maximum Gasteiger partial charge on any atom is 0.258 e. The Morgan fingerprint density at radius 3 is 2.65 bits per heavy atom. The summed E-state index contributed by atoms with van der Waals surface area (Å²) in [6.45, 7) is 0.608. The van der Waals surface area contributed by atoms with E-state index < -0.39 is 14.4 Å². The van der Waals surface area contributed by atoms with E-state index in [4.69, 9.17) is 16.3 Å². The van der Waals surface area contributed by atoms with Gasteiger partial charge >= 0.3 is 0 Å². The molecule has 0 saturated carbocycles. The molecule has 1 fully saturated rings. The standard InChI is InChI=1S/C11H14ClNO3S/c12-11(7-4-8-16-11)17(14,15)13-9-10-5-2-1-3-6-10/h1-3,5-6,13H,4,7-9H2. The van der Waals surface area contributed by atoms with Crippen molar-refractivity contribution in [2.24, 2.45) is 0 Å². The minimum Gasteiger partial charge on any atom is -0.346 e. The molecular formula is C11H14ClNO3S. The number of sulfonamides is 1. The molecule has 0 amide bonds. The maximum atomic E-state index is 12.0. The van der Waals surface area contributed by atoms with E-state index in [1.54, 1.807) is 0 Å². The first-order valence-electron chi connectivity index (χ1n) is 5.39. The third-order valence-corrected chi connectivity index (χ3v) is 5.20. The average molecular weight is 276 g/mol. The minimum absolute atomic E-state index is 0.223. The van der Waals surface area contributed by atoms with Gasteiger partial charge in [-0.3, -0.25) is 0 Å². The average Bonchev–Trinajstić information content (AvgIpc) is 2.77. The van der Waals surface area contributed by atoms with E-state index in [1.165, 1.54) is 0 Å². The lowest BCUT2D eigenvalue weighted by atomic mass is 10.2. The minimum atomic E-state index is -3.66. The molecule has 4 nitrogen and oxygen atoms in total. The van der Waals surface area contributed by atoms with Gasteiger partial charge in [-0.15, -0.1) is 0 Å². The molecule has 1 unspecified atom stereocenters. The fraction of sp³-hybridized carbons (Fsp3) is 0.455. The van der Waals surface area contributed by atoms with Gasteiger partial charge in [0.05, 0.1) is 6.61 Å². The predicted molar refractivity (Wildman–Crippen MR) is 66.0 cm³/mol. The Hall–Kier alpha value is -0.620. The molecule has 0 aliphatic carbocycles. The number of ether oxygens (including phenoxy) is 1. The molecule has 0 radical (unpaired) electrons. The summed E-state index contributed by atoms with van der Waals surface area (Å²) in [5, 5.41) is 0. The van der Waals surface area contributed by atoms with Gasteiger partial charge in [0.15, 0.2) is 0 Å². The van der Waals surface area contributed by atoms with Crippen LogP contribution in [0.1, 0.15) is 18.4 Å². The van der Waals surface area contributed by atoms with Gasteiger partial charge in [-0.1, -0.05) is 41.9 Å². The SMILES string of the molecule is O=S(=O)(NCc1ccccc1)C1(Cl)CCCO1. The van der Waals surface area contributed by atoms with Crippen LogP contribution in [0.4, 0.5) is 0 Å². The maximum absolute atomic E-state index is 12.0. The summed E-state index contributed by atoms with van der Waals surface area (Å²) in [6.07, 6.45) is 0.981. The van der Waals surface area contributed by atoms with Crippen molar-refractivity contribution in [1.29, 1.82) is 0 Å². The fourth-order valence-electron chi connectivity index (χ4n) is 1.67. The van der Waals surface area contributed by atoms with Crippen molar-refractivity contribution in [3.63, 3.8) is 0 Å². The topological polar surface area (TPSA) is 55.4 Å². The van der Waals surface area contributed by atoms with Crippen molar-refractivity contribution in [2.75, 3.05) is 6.61 Å². The van der Waals surface area contributed by atoms with Gasteiger partial charge in [0.25, 0.3) is 14.4 Å². The molecule has 1 aromatic rings. The Morgan fingerprint density at radius 2 is 2.06 bits per heavy atom. The summed E-state index contributed by atoms with van der Waals surface area (Å²) >= 11 is 5.96. The number of hydrogen-bond acceptors (Lipinski definition) is 3. The van der Waals surface area contributed by atoms with Crippen LogP contribution in [0.2, 0.25) is 0 Å². The summed E-state index contributed by atoms with van der Waals surface area (Å²) in [4.78, 5) is 0. The Bertz CT molecular complexity index is 469. The van der Waals surface area contributed by atoms with E-state index in [0.717, 1.165) is 5.56 Å². The smallest absolute Gasteiger partial charge is 0.258 e. The second-order valence-corrected chi connectivity index (χ2v) is 6.71.